The third-order valence-corrected chi connectivity index (χ3v) is 7.96. The van der Waals surface area contributed by atoms with E-state index in [1.165, 1.54) is 0 Å². The lowest BCUT2D eigenvalue weighted by Crippen LogP contribution is -2.37. The lowest BCUT2D eigenvalue weighted by atomic mass is 10.0. The number of carbonyl (C=O) groups excluding carboxylic acids is 2. The highest BCUT2D eigenvalue weighted by molar-refractivity contribution is 8.25. The average molecular weight is 436 g/mol. The number of hydrogen-bond donors (Lipinski definition) is 0. The Morgan fingerprint density at radius 1 is 0.926 bits per heavy atom. The second-order valence-electron chi connectivity index (χ2n) is 6.15. The Balaban J connectivity index is 1.80. The van der Waals surface area contributed by atoms with Gasteiger partial charge in [-0.05, 0) is 29.8 Å². The van der Waals surface area contributed by atoms with Crippen molar-refractivity contribution in [3.8, 4) is 0 Å². The first-order valence-electron chi connectivity index (χ1n) is 8.43. The lowest BCUT2D eigenvalue weighted by Gasteiger charge is -2.24. The van der Waals surface area contributed by atoms with Crippen LogP contribution in [-0.4, -0.2) is 29.2 Å². The summed E-state index contributed by atoms with van der Waals surface area (Å²) in [4.78, 5) is 28.1. The van der Waals surface area contributed by atoms with Crippen molar-refractivity contribution in [2.75, 3.05) is 16.4 Å². The van der Waals surface area contributed by atoms with Crippen molar-refractivity contribution in [1.29, 1.82) is 0 Å². The first-order valence-corrected chi connectivity index (χ1v) is 11.2. The molecule has 1 amide bonds. The second kappa shape index (κ2) is 7.92. The van der Waals surface area contributed by atoms with Gasteiger partial charge in [0.15, 0.2) is 5.78 Å². The highest BCUT2D eigenvalue weighted by Crippen LogP contribution is 2.43. The van der Waals surface area contributed by atoms with Gasteiger partial charge in [-0.3, -0.25) is 14.5 Å². The largest absolute Gasteiger partial charge is 0.297 e. The Morgan fingerprint density at radius 3 is 2.19 bits per heavy atom. The molecule has 0 aromatic heterocycles. The topological polar surface area (TPSA) is 37.4 Å². The maximum Gasteiger partial charge on any atom is 0.264 e. The van der Waals surface area contributed by atoms with E-state index in [9.17, 15) is 9.59 Å². The minimum atomic E-state index is -0.651. The molecule has 2 aromatic carbocycles. The smallest absolute Gasteiger partial charge is 0.264 e. The van der Waals surface area contributed by atoms with E-state index in [4.69, 9.17) is 23.2 Å². The molecule has 0 bridgehead atoms. The Labute approximate surface area is 176 Å². The van der Waals surface area contributed by atoms with Gasteiger partial charge in [0.05, 0.1) is 4.24 Å². The fraction of sp³-hybridized carbons (Fsp3) is 0.200. The monoisotopic (exact) mass is 435 g/mol. The van der Waals surface area contributed by atoms with Crippen molar-refractivity contribution in [3.63, 3.8) is 0 Å². The van der Waals surface area contributed by atoms with Crippen molar-refractivity contribution in [2.24, 2.45) is 0 Å². The summed E-state index contributed by atoms with van der Waals surface area (Å²) in [5.41, 5.74) is 1.69. The molecule has 0 N–H and O–H groups in total. The van der Waals surface area contributed by atoms with Gasteiger partial charge in [0, 0.05) is 33.7 Å². The summed E-state index contributed by atoms with van der Waals surface area (Å²) in [6.45, 7) is 0. The van der Waals surface area contributed by atoms with Crippen molar-refractivity contribution in [1.82, 2.24) is 0 Å². The number of hydrogen-bond acceptors (Lipinski definition) is 4. The number of halogens is 2. The predicted octanol–water partition coefficient (Wildman–Crippen LogP) is 5.21. The number of ketones is 1. The molecular weight excluding hydrogens is 421 g/mol. The molecule has 2 aliphatic rings. The molecule has 1 unspecified atom stereocenters. The van der Waals surface area contributed by atoms with Crippen molar-refractivity contribution in [3.05, 3.63) is 73.9 Å². The van der Waals surface area contributed by atoms with Crippen LogP contribution in [0.25, 0.3) is 0 Å². The molecule has 3 nitrogen and oxygen atoms in total. The molecule has 27 heavy (non-hydrogen) atoms. The number of carbonyl (C=O) groups is 2. The maximum absolute atomic E-state index is 13.3. The molecule has 2 aromatic rings. The van der Waals surface area contributed by atoms with Crippen LogP contribution in [0.4, 0.5) is 5.69 Å². The molecule has 0 saturated carbocycles. The van der Waals surface area contributed by atoms with Crippen LogP contribution in [-0.2, 0) is 16.0 Å². The van der Waals surface area contributed by atoms with Gasteiger partial charge < -0.3 is 0 Å². The zero-order valence-electron chi connectivity index (χ0n) is 14.2. The van der Waals surface area contributed by atoms with Crippen molar-refractivity contribution >= 4 is 64.1 Å². The van der Waals surface area contributed by atoms with Crippen LogP contribution in [0, 0.1) is 0 Å². The number of para-hydroxylation sites is 1. The maximum atomic E-state index is 13.3. The quantitative estimate of drug-likeness (QED) is 0.489. The summed E-state index contributed by atoms with van der Waals surface area (Å²) in [6, 6.07) is 13.9. The summed E-state index contributed by atoms with van der Waals surface area (Å²) in [6.07, 6.45) is 0.282. The number of Topliss-reactive ketones (excluding diaryl/α,β-unsaturated/α-hetero) is 1. The van der Waals surface area contributed by atoms with E-state index in [-0.39, 0.29) is 18.1 Å². The third kappa shape index (κ3) is 3.54. The molecule has 0 radical (unpaired) electrons. The van der Waals surface area contributed by atoms with Gasteiger partial charge in [0.1, 0.15) is 11.6 Å². The fourth-order valence-electron chi connectivity index (χ4n) is 3.28. The second-order valence-corrected chi connectivity index (χ2v) is 9.44. The summed E-state index contributed by atoms with van der Waals surface area (Å²) in [5.74, 6) is 1.43. The van der Waals surface area contributed by atoms with Crippen molar-refractivity contribution < 1.29 is 9.59 Å². The molecule has 2 aliphatic heterocycles. The molecule has 4 rings (SSSR count). The Bertz CT molecular complexity index is 918. The Morgan fingerprint density at radius 2 is 1.56 bits per heavy atom. The summed E-state index contributed by atoms with van der Waals surface area (Å²) < 4.78 is 0.832. The number of benzene rings is 2. The van der Waals surface area contributed by atoms with Crippen LogP contribution in [0.5, 0.6) is 0 Å². The number of rotatable bonds is 3. The SMILES string of the molecule is O=C1C(=C2SCCS2)C(=O)N(c2ccccc2)C1Cc1c(Cl)cccc1Cl. The standard InChI is InChI=1S/C20H15Cl2NO2S2/c21-14-7-4-8-15(22)13(14)11-16-18(24)17(20-26-9-10-27-20)19(25)23(16)12-5-2-1-3-6-12/h1-8,16H,9-11H2. The highest BCUT2D eigenvalue weighted by atomic mass is 35.5. The Kier molecular flexibility index (Phi) is 5.55. The molecule has 2 fully saturated rings. The van der Waals surface area contributed by atoms with Crippen LogP contribution in [0.2, 0.25) is 10.0 Å². The predicted molar refractivity (Wildman–Crippen MR) is 115 cm³/mol. The van der Waals surface area contributed by atoms with Gasteiger partial charge in [-0.15, -0.1) is 23.5 Å². The van der Waals surface area contributed by atoms with Gasteiger partial charge in [-0.2, -0.15) is 0 Å². The van der Waals surface area contributed by atoms with E-state index >= 15 is 0 Å². The van der Waals surface area contributed by atoms with Crippen LogP contribution in [0.1, 0.15) is 5.56 Å². The average Bonchev–Trinajstić information content (AvgIpc) is 3.26. The molecule has 2 heterocycles. The number of thioether (sulfide) groups is 2. The first kappa shape index (κ1) is 18.9. The van der Waals surface area contributed by atoms with Gasteiger partial charge in [0.25, 0.3) is 5.91 Å². The number of anilines is 1. The summed E-state index contributed by atoms with van der Waals surface area (Å²) >= 11 is 15.8. The van der Waals surface area contributed by atoms with Crippen LogP contribution in [0.3, 0.4) is 0 Å². The van der Waals surface area contributed by atoms with Gasteiger partial charge in [-0.1, -0.05) is 47.5 Å². The van der Waals surface area contributed by atoms with Crippen LogP contribution < -0.4 is 4.90 Å². The van der Waals surface area contributed by atoms with Crippen LogP contribution in [0.15, 0.2) is 58.3 Å². The molecule has 2 saturated heterocycles. The first-order chi connectivity index (χ1) is 13.1. The van der Waals surface area contributed by atoms with Gasteiger partial charge >= 0.3 is 0 Å². The minimum absolute atomic E-state index is 0.156. The molecule has 138 valence electrons. The van der Waals surface area contributed by atoms with E-state index in [1.54, 1.807) is 46.6 Å². The normalized spacial score (nSPS) is 20.1. The van der Waals surface area contributed by atoms with Crippen molar-refractivity contribution in [2.45, 2.75) is 12.5 Å². The van der Waals surface area contributed by atoms with Crippen LogP contribution >= 0.6 is 46.7 Å². The molecule has 1 atom stereocenters. The lowest BCUT2D eigenvalue weighted by molar-refractivity contribution is -0.116. The van der Waals surface area contributed by atoms with E-state index in [1.807, 2.05) is 30.3 Å². The van der Waals surface area contributed by atoms with Gasteiger partial charge in [-0.25, -0.2) is 0 Å². The third-order valence-electron chi connectivity index (χ3n) is 4.54. The molecular formula is C20H15Cl2NO2S2. The van der Waals surface area contributed by atoms with E-state index in [0.29, 0.717) is 26.9 Å². The summed E-state index contributed by atoms with van der Waals surface area (Å²) in [7, 11) is 0. The number of nitrogens with zero attached hydrogens (tertiary/aromatic N) is 1. The van der Waals surface area contributed by atoms with E-state index < -0.39 is 6.04 Å². The van der Waals surface area contributed by atoms with E-state index in [0.717, 1.165) is 15.7 Å². The van der Waals surface area contributed by atoms with E-state index in [2.05, 4.69) is 0 Å². The molecule has 0 aliphatic carbocycles. The molecule has 0 spiro atoms. The molecule has 7 heteroatoms. The minimum Gasteiger partial charge on any atom is -0.297 e. The summed E-state index contributed by atoms with van der Waals surface area (Å²) in [5, 5.41) is 1.00. The zero-order chi connectivity index (χ0) is 19.0. The Hall–Kier alpha value is -1.40. The zero-order valence-corrected chi connectivity index (χ0v) is 17.3. The number of amides is 1. The fourth-order valence-corrected chi connectivity index (χ4v) is 6.37. The van der Waals surface area contributed by atoms with Gasteiger partial charge in [0.2, 0.25) is 0 Å². The highest BCUT2D eigenvalue weighted by Gasteiger charge is 2.46.